The fourth-order valence-corrected chi connectivity index (χ4v) is 1.31. The maximum Gasteiger partial charge on any atom is 0.253 e. The summed E-state index contributed by atoms with van der Waals surface area (Å²) in [5.41, 5.74) is 2.76. The molecule has 0 fully saturated rings. The van der Waals surface area contributed by atoms with Gasteiger partial charge in [-0.05, 0) is 31.0 Å². The molecule has 0 aliphatic heterocycles. The van der Waals surface area contributed by atoms with Gasteiger partial charge in [0.25, 0.3) is 5.91 Å². The lowest BCUT2D eigenvalue weighted by Crippen LogP contribution is -2.23. The van der Waals surface area contributed by atoms with E-state index < -0.39 is 0 Å². The first-order valence-corrected chi connectivity index (χ1v) is 4.23. The summed E-state index contributed by atoms with van der Waals surface area (Å²) in [5.74, 6) is 0.0593. The van der Waals surface area contributed by atoms with Crippen molar-refractivity contribution >= 4 is 5.91 Å². The summed E-state index contributed by atoms with van der Waals surface area (Å²) in [7, 11) is 3.52. The van der Waals surface area contributed by atoms with Gasteiger partial charge in [-0.25, -0.2) is 0 Å². The van der Waals surface area contributed by atoms with Crippen LogP contribution in [0.2, 0.25) is 0 Å². The highest BCUT2D eigenvalue weighted by Gasteiger charge is 2.12. The summed E-state index contributed by atoms with van der Waals surface area (Å²) >= 11 is 0. The van der Waals surface area contributed by atoms with Crippen molar-refractivity contribution in [2.45, 2.75) is 13.8 Å². The zero-order chi connectivity index (χ0) is 10.0. The fourth-order valence-electron chi connectivity index (χ4n) is 1.31. The molecule has 1 aromatic rings. The van der Waals surface area contributed by atoms with Crippen LogP contribution in [0.1, 0.15) is 21.5 Å². The third-order valence-electron chi connectivity index (χ3n) is 2.01. The van der Waals surface area contributed by atoms with E-state index in [1.165, 1.54) is 0 Å². The molecular weight excluding hydrogens is 162 g/mol. The van der Waals surface area contributed by atoms with E-state index in [0.717, 1.165) is 16.7 Å². The Morgan fingerprint density at radius 2 is 1.69 bits per heavy atom. The number of carbonyl (C=O) groups is 1. The summed E-state index contributed by atoms with van der Waals surface area (Å²) < 4.78 is 0. The highest BCUT2D eigenvalue weighted by atomic mass is 16.2. The lowest BCUT2D eigenvalue weighted by atomic mass is 10.0. The van der Waals surface area contributed by atoms with Crippen molar-refractivity contribution in [1.29, 1.82) is 0 Å². The van der Waals surface area contributed by atoms with Crippen LogP contribution in [-0.4, -0.2) is 24.9 Å². The van der Waals surface area contributed by atoms with Crippen LogP contribution in [0.15, 0.2) is 12.1 Å². The number of benzene rings is 1. The number of nitrogens with zero attached hydrogens (tertiary/aromatic N) is 1. The summed E-state index contributed by atoms with van der Waals surface area (Å²) in [6, 6.07) is 6.67. The zero-order valence-electron chi connectivity index (χ0n) is 8.51. The van der Waals surface area contributed by atoms with E-state index in [2.05, 4.69) is 6.07 Å². The molecule has 2 heteroatoms. The van der Waals surface area contributed by atoms with E-state index in [4.69, 9.17) is 0 Å². The van der Waals surface area contributed by atoms with Crippen molar-refractivity contribution in [2.75, 3.05) is 14.1 Å². The lowest BCUT2D eigenvalue weighted by molar-refractivity contribution is 0.0826. The standard InChI is InChI=1S/C11H14NO/c1-8-6-5-7-9(2)10(8)11(13)12(3)4/h6-7H,1-4H3. The van der Waals surface area contributed by atoms with Crippen molar-refractivity contribution in [1.82, 2.24) is 4.90 Å². The summed E-state index contributed by atoms with van der Waals surface area (Å²) in [4.78, 5) is 13.3. The molecule has 1 radical (unpaired) electrons. The molecule has 0 spiro atoms. The predicted molar refractivity (Wildman–Crippen MR) is 52.8 cm³/mol. The molecule has 0 heterocycles. The molecule has 13 heavy (non-hydrogen) atoms. The molecule has 0 saturated carbocycles. The first-order chi connectivity index (χ1) is 6.04. The molecule has 0 bridgehead atoms. The largest absolute Gasteiger partial charge is 0.345 e. The Hall–Kier alpha value is -1.31. The van der Waals surface area contributed by atoms with Crippen LogP contribution in [0.4, 0.5) is 0 Å². The topological polar surface area (TPSA) is 20.3 Å². The summed E-state index contributed by atoms with van der Waals surface area (Å²) in [6.07, 6.45) is 0. The molecule has 1 rings (SSSR count). The monoisotopic (exact) mass is 176 g/mol. The number of amides is 1. The maximum atomic E-state index is 11.7. The fraction of sp³-hybridized carbons (Fsp3) is 0.364. The van der Waals surface area contributed by atoms with Crippen LogP contribution >= 0.6 is 0 Å². The van der Waals surface area contributed by atoms with Crippen LogP contribution in [0.25, 0.3) is 0 Å². The van der Waals surface area contributed by atoms with E-state index in [0.29, 0.717) is 0 Å². The van der Waals surface area contributed by atoms with Crippen molar-refractivity contribution in [3.8, 4) is 0 Å². The molecule has 69 valence electrons. The average molecular weight is 176 g/mol. The van der Waals surface area contributed by atoms with Gasteiger partial charge in [-0.1, -0.05) is 12.1 Å². The van der Waals surface area contributed by atoms with E-state index in [9.17, 15) is 4.79 Å². The van der Waals surface area contributed by atoms with E-state index in [1.807, 2.05) is 26.0 Å². The molecule has 0 saturated heterocycles. The first-order valence-electron chi connectivity index (χ1n) is 4.23. The lowest BCUT2D eigenvalue weighted by Gasteiger charge is -2.14. The van der Waals surface area contributed by atoms with Crippen LogP contribution in [-0.2, 0) is 0 Å². The minimum absolute atomic E-state index is 0.0593. The normalized spacial score (nSPS) is 9.85. The van der Waals surface area contributed by atoms with Gasteiger partial charge >= 0.3 is 0 Å². The van der Waals surface area contributed by atoms with E-state index >= 15 is 0 Å². The van der Waals surface area contributed by atoms with Crippen LogP contribution in [0.5, 0.6) is 0 Å². The molecule has 0 unspecified atom stereocenters. The second kappa shape index (κ2) is 3.60. The second-order valence-corrected chi connectivity index (χ2v) is 3.40. The molecule has 0 aliphatic carbocycles. The number of rotatable bonds is 1. The third kappa shape index (κ3) is 1.89. The Labute approximate surface area is 79.2 Å². The van der Waals surface area contributed by atoms with Crippen molar-refractivity contribution in [3.05, 3.63) is 34.9 Å². The minimum atomic E-state index is 0.0593. The molecular formula is C11H14NO. The summed E-state index contributed by atoms with van der Waals surface area (Å²) in [5, 5.41) is 0. The molecule has 0 N–H and O–H groups in total. The van der Waals surface area contributed by atoms with Crippen LogP contribution in [0.3, 0.4) is 0 Å². The van der Waals surface area contributed by atoms with Gasteiger partial charge in [-0.3, -0.25) is 4.79 Å². The van der Waals surface area contributed by atoms with Crippen molar-refractivity contribution in [3.63, 3.8) is 0 Å². The zero-order valence-corrected chi connectivity index (χ0v) is 8.51. The molecule has 2 nitrogen and oxygen atoms in total. The third-order valence-corrected chi connectivity index (χ3v) is 2.01. The highest BCUT2D eigenvalue weighted by molar-refractivity contribution is 5.96. The minimum Gasteiger partial charge on any atom is -0.345 e. The Morgan fingerprint density at radius 3 is 2.08 bits per heavy atom. The Balaban J connectivity index is 3.20. The Morgan fingerprint density at radius 1 is 1.23 bits per heavy atom. The highest BCUT2D eigenvalue weighted by Crippen LogP contribution is 2.13. The number of hydrogen-bond donors (Lipinski definition) is 0. The van der Waals surface area contributed by atoms with E-state index in [1.54, 1.807) is 19.0 Å². The molecule has 0 atom stereocenters. The van der Waals surface area contributed by atoms with Gasteiger partial charge in [-0.2, -0.15) is 0 Å². The smallest absolute Gasteiger partial charge is 0.253 e. The van der Waals surface area contributed by atoms with Gasteiger partial charge in [0.05, 0.1) is 0 Å². The van der Waals surface area contributed by atoms with Gasteiger partial charge < -0.3 is 4.90 Å². The average Bonchev–Trinajstić information content (AvgIpc) is 2.03. The molecule has 1 aromatic carbocycles. The maximum absolute atomic E-state index is 11.7. The summed E-state index contributed by atoms with van der Waals surface area (Å²) in [6.45, 7) is 3.86. The number of hydrogen-bond acceptors (Lipinski definition) is 1. The van der Waals surface area contributed by atoms with Crippen molar-refractivity contribution < 1.29 is 4.79 Å². The van der Waals surface area contributed by atoms with Gasteiger partial charge in [0.15, 0.2) is 0 Å². The predicted octanol–water partition coefficient (Wildman–Crippen LogP) is 1.81. The second-order valence-electron chi connectivity index (χ2n) is 3.40. The Bertz CT molecular complexity index is 309. The van der Waals surface area contributed by atoms with Gasteiger partial charge in [0, 0.05) is 19.7 Å². The molecule has 0 aromatic heterocycles. The van der Waals surface area contributed by atoms with Gasteiger partial charge in [0.1, 0.15) is 0 Å². The molecule has 0 aliphatic rings. The number of carbonyl (C=O) groups excluding carboxylic acids is 1. The van der Waals surface area contributed by atoms with Gasteiger partial charge in [0.2, 0.25) is 0 Å². The van der Waals surface area contributed by atoms with Crippen LogP contribution in [0, 0.1) is 19.9 Å². The quantitative estimate of drug-likeness (QED) is 0.639. The molecule has 1 amide bonds. The Kier molecular flexibility index (Phi) is 2.71. The first kappa shape index (κ1) is 9.78. The number of aryl methyl sites for hydroxylation is 2. The van der Waals surface area contributed by atoms with Crippen LogP contribution < -0.4 is 0 Å². The van der Waals surface area contributed by atoms with Crippen molar-refractivity contribution in [2.24, 2.45) is 0 Å². The van der Waals surface area contributed by atoms with Gasteiger partial charge in [-0.15, -0.1) is 0 Å². The SMILES string of the molecule is Cc1c[c]cc(C)c1C(=O)N(C)C. The van der Waals surface area contributed by atoms with E-state index in [-0.39, 0.29) is 5.91 Å².